The van der Waals surface area contributed by atoms with Gasteiger partial charge in [0.25, 0.3) is 5.56 Å². The lowest BCUT2D eigenvalue weighted by molar-refractivity contribution is 0.185. The van der Waals surface area contributed by atoms with Crippen molar-refractivity contribution in [1.29, 1.82) is 0 Å². The number of rotatable bonds is 6. The second kappa shape index (κ2) is 7.84. The summed E-state index contributed by atoms with van der Waals surface area (Å²) in [5.74, 6) is -0.460. The topological polar surface area (TPSA) is 93.5 Å². The molecule has 0 saturated carbocycles. The standard InChI is InChI=1S/C20H22FN3O4/c1-11(6-12(2)23-20(26)27)10-28-18-8-17-14(7-16(18)21)13-4-5-22-9-15(13)19(25)24(17)3/h4-5,7-9,11-12,23H,6,10H2,1-3H3,(H,26,27). The molecule has 7 nitrogen and oxygen atoms in total. The summed E-state index contributed by atoms with van der Waals surface area (Å²) in [6.45, 7) is 3.88. The Balaban J connectivity index is 1.88. The highest BCUT2D eigenvalue weighted by Gasteiger charge is 2.16. The number of fused-ring (bicyclic) bond motifs is 3. The third kappa shape index (κ3) is 3.90. The van der Waals surface area contributed by atoms with Crippen molar-refractivity contribution >= 4 is 27.8 Å². The molecule has 1 amide bonds. The minimum Gasteiger partial charge on any atom is -0.490 e. The fourth-order valence-corrected chi connectivity index (χ4v) is 3.41. The van der Waals surface area contributed by atoms with Gasteiger partial charge in [0.1, 0.15) is 0 Å². The number of aryl methyl sites for hydroxylation is 1. The molecule has 2 unspecified atom stereocenters. The van der Waals surface area contributed by atoms with Gasteiger partial charge in [-0.2, -0.15) is 0 Å². The van der Waals surface area contributed by atoms with Crippen LogP contribution in [0, 0.1) is 11.7 Å². The molecule has 2 heterocycles. The van der Waals surface area contributed by atoms with Crippen LogP contribution in [0.2, 0.25) is 0 Å². The van der Waals surface area contributed by atoms with Crippen LogP contribution in [-0.2, 0) is 7.05 Å². The first-order valence-electron chi connectivity index (χ1n) is 8.96. The number of carboxylic acid groups (broad SMARTS) is 1. The Kier molecular flexibility index (Phi) is 5.48. The number of nitrogens with one attached hydrogen (secondary N) is 1. The molecule has 0 spiro atoms. The predicted molar refractivity (Wildman–Crippen MR) is 104 cm³/mol. The van der Waals surface area contributed by atoms with Crippen molar-refractivity contribution < 1.29 is 19.0 Å². The molecule has 2 atom stereocenters. The number of ether oxygens (including phenoxy) is 1. The van der Waals surface area contributed by atoms with E-state index < -0.39 is 11.9 Å². The highest BCUT2D eigenvalue weighted by Crippen LogP contribution is 2.29. The lowest BCUT2D eigenvalue weighted by atomic mass is 10.0. The van der Waals surface area contributed by atoms with E-state index in [2.05, 4.69) is 10.3 Å². The summed E-state index contributed by atoms with van der Waals surface area (Å²) < 4.78 is 21.7. The van der Waals surface area contributed by atoms with Crippen molar-refractivity contribution in [3.8, 4) is 5.75 Å². The number of halogens is 1. The number of aromatic nitrogens is 2. The number of hydrogen-bond donors (Lipinski definition) is 2. The first kappa shape index (κ1) is 19.6. The molecule has 2 N–H and O–H groups in total. The van der Waals surface area contributed by atoms with Crippen molar-refractivity contribution in [2.45, 2.75) is 26.3 Å². The molecule has 8 heteroatoms. The summed E-state index contributed by atoms with van der Waals surface area (Å²) in [5.41, 5.74) is 0.351. The Morgan fingerprint density at radius 1 is 1.32 bits per heavy atom. The van der Waals surface area contributed by atoms with Crippen molar-refractivity contribution in [1.82, 2.24) is 14.9 Å². The molecule has 0 bridgehead atoms. The van der Waals surface area contributed by atoms with Gasteiger partial charge >= 0.3 is 6.09 Å². The smallest absolute Gasteiger partial charge is 0.404 e. The van der Waals surface area contributed by atoms with Crippen LogP contribution in [-0.4, -0.2) is 33.4 Å². The molecule has 28 heavy (non-hydrogen) atoms. The number of nitrogens with zero attached hydrogens (tertiary/aromatic N) is 2. The Morgan fingerprint density at radius 3 is 2.79 bits per heavy atom. The van der Waals surface area contributed by atoms with Gasteiger partial charge in [0.2, 0.25) is 0 Å². The summed E-state index contributed by atoms with van der Waals surface area (Å²) in [7, 11) is 1.63. The van der Waals surface area contributed by atoms with Crippen LogP contribution in [0.15, 0.2) is 35.4 Å². The van der Waals surface area contributed by atoms with Crippen LogP contribution in [0.4, 0.5) is 9.18 Å². The maximum absolute atomic E-state index is 14.6. The minimum atomic E-state index is -1.08. The van der Waals surface area contributed by atoms with Gasteiger partial charge < -0.3 is 19.7 Å². The van der Waals surface area contributed by atoms with Gasteiger partial charge in [0.05, 0.1) is 17.5 Å². The largest absolute Gasteiger partial charge is 0.490 e. The van der Waals surface area contributed by atoms with E-state index in [0.29, 0.717) is 28.1 Å². The first-order valence-corrected chi connectivity index (χ1v) is 8.96. The molecular weight excluding hydrogens is 365 g/mol. The number of benzene rings is 1. The van der Waals surface area contributed by atoms with Crippen LogP contribution >= 0.6 is 0 Å². The van der Waals surface area contributed by atoms with Crippen LogP contribution in [0.1, 0.15) is 20.3 Å². The number of amides is 1. The zero-order chi connectivity index (χ0) is 20.4. The van der Waals surface area contributed by atoms with Gasteiger partial charge in [-0.3, -0.25) is 9.78 Å². The quantitative estimate of drug-likeness (QED) is 0.633. The molecule has 0 aliphatic carbocycles. The summed E-state index contributed by atoms with van der Waals surface area (Å²) >= 11 is 0. The molecule has 0 saturated heterocycles. The van der Waals surface area contributed by atoms with Gasteiger partial charge in [0.15, 0.2) is 11.6 Å². The Hall–Kier alpha value is -3.16. The maximum atomic E-state index is 14.6. The molecule has 148 valence electrons. The van der Waals surface area contributed by atoms with Crippen molar-refractivity contribution in [3.05, 3.63) is 46.8 Å². The van der Waals surface area contributed by atoms with Crippen LogP contribution < -0.4 is 15.6 Å². The third-order valence-electron chi connectivity index (χ3n) is 4.71. The van der Waals surface area contributed by atoms with Crippen LogP contribution in [0.5, 0.6) is 5.75 Å². The van der Waals surface area contributed by atoms with E-state index >= 15 is 0 Å². The second-order valence-corrected chi connectivity index (χ2v) is 7.09. The van der Waals surface area contributed by atoms with Gasteiger partial charge in [-0.25, -0.2) is 9.18 Å². The molecular formula is C20H22FN3O4. The fraction of sp³-hybridized carbons (Fsp3) is 0.350. The van der Waals surface area contributed by atoms with Crippen molar-refractivity contribution in [2.24, 2.45) is 13.0 Å². The van der Waals surface area contributed by atoms with E-state index in [9.17, 15) is 14.0 Å². The van der Waals surface area contributed by atoms with E-state index in [4.69, 9.17) is 9.84 Å². The van der Waals surface area contributed by atoms with E-state index in [1.54, 1.807) is 26.2 Å². The van der Waals surface area contributed by atoms with Gasteiger partial charge in [-0.05, 0) is 36.8 Å². The SMILES string of the molecule is CC(COc1cc2c(cc1F)c1ccncc1c(=O)n2C)CC(C)NC(=O)O. The van der Waals surface area contributed by atoms with E-state index in [1.165, 1.54) is 22.9 Å². The van der Waals surface area contributed by atoms with E-state index in [1.807, 2.05) is 6.92 Å². The summed E-state index contributed by atoms with van der Waals surface area (Å²) in [4.78, 5) is 27.2. The average molecular weight is 387 g/mol. The van der Waals surface area contributed by atoms with E-state index in [0.717, 1.165) is 0 Å². The summed E-state index contributed by atoms with van der Waals surface area (Å²) in [5, 5.41) is 12.8. The lowest BCUT2D eigenvalue weighted by Gasteiger charge is -2.18. The number of hydrogen-bond acceptors (Lipinski definition) is 4. The molecule has 2 aromatic heterocycles. The Morgan fingerprint density at radius 2 is 2.07 bits per heavy atom. The van der Waals surface area contributed by atoms with Crippen LogP contribution in [0.25, 0.3) is 21.7 Å². The predicted octanol–water partition coefficient (Wildman–Crippen LogP) is 3.29. The third-order valence-corrected chi connectivity index (χ3v) is 4.71. The van der Waals surface area contributed by atoms with Crippen molar-refractivity contribution in [3.63, 3.8) is 0 Å². The Labute approximate surface area is 160 Å². The minimum absolute atomic E-state index is 0.00319. The average Bonchev–Trinajstić information content (AvgIpc) is 2.64. The van der Waals surface area contributed by atoms with Gasteiger partial charge in [0, 0.05) is 36.9 Å². The fourth-order valence-electron chi connectivity index (χ4n) is 3.41. The summed E-state index contributed by atoms with van der Waals surface area (Å²) in [6, 6.07) is 4.35. The summed E-state index contributed by atoms with van der Waals surface area (Å²) in [6.07, 6.45) is 2.52. The molecule has 1 aromatic carbocycles. The zero-order valence-electron chi connectivity index (χ0n) is 15.9. The molecule has 0 aliphatic heterocycles. The first-order chi connectivity index (χ1) is 13.3. The second-order valence-electron chi connectivity index (χ2n) is 7.09. The Bertz CT molecular complexity index is 1100. The highest BCUT2D eigenvalue weighted by atomic mass is 19.1. The molecule has 0 fully saturated rings. The molecule has 3 rings (SSSR count). The lowest BCUT2D eigenvalue weighted by Crippen LogP contribution is -2.33. The monoisotopic (exact) mass is 387 g/mol. The van der Waals surface area contributed by atoms with Gasteiger partial charge in [-0.1, -0.05) is 6.92 Å². The van der Waals surface area contributed by atoms with Crippen LogP contribution in [0.3, 0.4) is 0 Å². The molecule has 3 aromatic rings. The highest BCUT2D eigenvalue weighted by molar-refractivity contribution is 6.05. The number of pyridine rings is 2. The number of carbonyl (C=O) groups is 1. The molecule has 0 aliphatic rings. The van der Waals surface area contributed by atoms with E-state index in [-0.39, 0.29) is 29.9 Å². The maximum Gasteiger partial charge on any atom is 0.404 e. The van der Waals surface area contributed by atoms with Gasteiger partial charge in [-0.15, -0.1) is 0 Å². The van der Waals surface area contributed by atoms with Crippen molar-refractivity contribution in [2.75, 3.05) is 6.61 Å². The zero-order valence-corrected chi connectivity index (χ0v) is 15.9. The normalized spacial score (nSPS) is 13.4. The molecule has 0 radical (unpaired) electrons.